The first-order valence-electron chi connectivity index (χ1n) is 11.2. The lowest BCUT2D eigenvalue weighted by atomic mass is 9.40. The summed E-state index contributed by atoms with van der Waals surface area (Å²) in [6, 6.07) is 0. The topological polar surface area (TPSA) is 52.9 Å². The third-order valence-electron chi connectivity index (χ3n) is 7.59. The smallest absolute Gasteiger partial charge is 0.426 e. The first-order chi connectivity index (χ1) is 12.4. The van der Waals surface area contributed by atoms with Crippen LogP contribution in [0.2, 0.25) is 39.3 Å². The van der Waals surface area contributed by atoms with E-state index in [2.05, 4.69) is 71.2 Å². The molecule has 3 saturated carbocycles. The SMILES string of the molecule is CC(C)CC(B(O)O[C@@]12CC(CC[C@]1(C)O)C2(C)C)N([Si](C)(C)C)[Si](C)(C)C. The van der Waals surface area contributed by atoms with Gasteiger partial charge in [0.05, 0.1) is 11.2 Å². The average molecular weight is 428 g/mol. The maximum absolute atomic E-state index is 11.5. The molecule has 3 aliphatic carbocycles. The van der Waals surface area contributed by atoms with Gasteiger partial charge in [-0.3, -0.25) is 0 Å². The molecule has 0 spiro atoms. The highest BCUT2D eigenvalue weighted by molar-refractivity contribution is 6.90. The molecule has 4 atom stereocenters. The second-order valence-corrected chi connectivity index (χ2v) is 22.8. The molecule has 0 aromatic heterocycles. The van der Waals surface area contributed by atoms with Crippen molar-refractivity contribution in [1.82, 2.24) is 4.23 Å². The summed E-state index contributed by atoms with van der Waals surface area (Å²) in [5, 5.41) is 22.8. The van der Waals surface area contributed by atoms with E-state index < -0.39 is 34.8 Å². The molecule has 0 aliphatic heterocycles. The van der Waals surface area contributed by atoms with Crippen LogP contribution in [0.15, 0.2) is 0 Å². The first-order valence-corrected chi connectivity index (χ1v) is 18.1. The predicted octanol–water partition coefficient (Wildman–Crippen LogP) is 4.74. The minimum absolute atomic E-state index is 0.0136. The number of aliphatic hydroxyl groups is 1. The van der Waals surface area contributed by atoms with Crippen LogP contribution in [-0.2, 0) is 4.65 Å². The van der Waals surface area contributed by atoms with Crippen LogP contribution in [0.25, 0.3) is 0 Å². The molecule has 2 N–H and O–H groups in total. The van der Waals surface area contributed by atoms with Gasteiger partial charge in [-0.25, -0.2) is 0 Å². The van der Waals surface area contributed by atoms with Crippen LogP contribution in [0.1, 0.15) is 60.3 Å². The third kappa shape index (κ3) is 4.09. The number of hydrogen-bond donors (Lipinski definition) is 2. The lowest BCUT2D eigenvalue weighted by Gasteiger charge is -2.71. The Balaban J connectivity index is 2.39. The lowest BCUT2D eigenvalue weighted by molar-refractivity contribution is -0.305. The molecule has 0 saturated heterocycles. The highest BCUT2D eigenvalue weighted by Crippen LogP contribution is 2.67. The molecule has 2 bridgehead atoms. The van der Waals surface area contributed by atoms with Gasteiger partial charge < -0.3 is 19.0 Å². The number of nitrogens with zero attached hydrogens (tertiary/aromatic N) is 1. The van der Waals surface area contributed by atoms with Crippen molar-refractivity contribution < 1.29 is 14.8 Å². The van der Waals surface area contributed by atoms with Crippen LogP contribution in [0, 0.1) is 17.3 Å². The first kappa shape index (κ1) is 24.6. The maximum Gasteiger partial charge on any atom is 0.471 e. The van der Waals surface area contributed by atoms with E-state index in [0.29, 0.717) is 11.8 Å². The molecule has 0 aromatic rings. The largest absolute Gasteiger partial charge is 0.471 e. The summed E-state index contributed by atoms with van der Waals surface area (Å²) in [6.45, 7) is 25.1. The summed E-state index contributed by atoms with van der Waals surface area (Å²) in [6.07, 6.45) is 3.58. The summed E-state index contributed by atoms with van der Waals surface area (Å²) in [4.78, 5) is 0. The standard InChI is InChI=1S/C21H46BNO3Si2/c1-16(2)14-18(23(27(6,7)8)28(9,10)11)22(25)26-21-15-17(19(21,3)4)12-13-20(21,5)24/h16-18,24-25H,12-15H2,1-11H3/t17?,18?,20-,21+/m0/s1. The molecule has 2 unspecified atom stereocenters. The number of rotatable bonds is 8. The van der Waals surface area contributed by atoms with E-state index in [-0.39, 0.29) is 11.4 Å². The molecular formula is C21H46BNO3Si2. The average Bonchev–Trinajstić information content (AvgIpc) is 2.44. The van der Waals surface area contributed by atoms with E-state index >= 15 is 0 Å². The van der Waals surface area contributed by atoms with Crippen molar-refractivity contribution in [2.24, 2.45) is 17.3 Å². The van der Waals surface area contributed by atoms with Gasteiger partial charge in [0, 0.05) is 5.94 Å². The summed E-state index contributed by atoms with van der Waals surface area (Å²) in [5.41, 5.74) is -1.65. The minimum atomic E-state index is -1.67. The zero-order valence-electron chi connectivity index (χ0n) is 20.4. The van der Waals surface area contributed by atoms with Crippen LogP contribution in [0.4, 0.5) is 0 Å². The fourth-order valence-corrected chi connectivity index (χ4v) is 17.0. The molecule has 3 rings (SSSR count). The Morgan fingerprint density at radius 1 is 1.07 bits per heavy atom. The highest BCUT2D eigenvalue weighted by atomic mass is 28.4. The second-order valence-electron chi connectivity index (χ2n) is 12.7. The Hall–Kier alpha value is 0.339. The molecular weight excluding hydrogens is 381 g/mol. The molecule has 3 fully saturated rings. The van der Waals surface area contributed by atoms with E-state index in [0.717, 1.165) is 25.7 Å². The van der Waals surface area contributed by atoms with Gasteiger partial charge in [-0.1, -0.05) is 67.0 Å². The normalized spacial score (nSPS) is 33.8. The zero-order chi connectivity index (χ0) is 21.9. The highest BCUT2D eigenvalue weighted by Gasteiger charge is 2.72. The Labute approximate surface area is 176 Å². The van der Waals surface area contributed by atoms with Gasteiger partial charge in [0.25, 0.3) is 0 Å². The quantitative estimate of drug-likeness (QED) is 0.550. The Morgan fingerprint density at radius 3 is 1.93 bits per heavy atom. The van der Waals surface area contributed by atoms with Crippen molar-refractivity contribution in [3.8, 4) is 0 Å². The van der Waals surface area contributed by atoms with E-state index in [9.17, 15) is 10.1 Å². The van der Waals surface area contributed by atoms with Gasteiger partial charge in [0.2, 0.25) is 0 Å². The molecule has 28 heavy (non-hydrogen) atoms. The summed E-state index contributed by atoms with van der Waals surface area (Å²) in [7, 11) is -4.21. The lowest BCUT2D eigenvalue weighted by Crippen LogP contribution is -2.78. The van der Waals surface area contributed by atoms with E-state index in [1.807, 2.05) is 6.92 Å². The van der Waals surface area contributed by atoms with Crippen molar-refractivity contribution in [3.05, 3.63) is 0 Å². The second kappa shape index (κ2) is 7.48. The van der Waals surface area contributed by atoms with Crippen LogP contribution in [0.3, 0.4) is 0 Å². The Morgan fingerprint density at radius 2 is 1.57 bits per heavy atom. The fraction of sp³-hybridized carbons (Fsp3) is 1.00. The van der Waals surface area contributed by atoms with Gasteiger partial charge in [-0.05, 0) is 49.9 Å². The van der Waals surface area contributed by atoms with Crippen molar-refractivity contribution in [2.45, 2.75) is 117 Å². The van der Waals surface area contributed by atoms with Gasteiger partial charge >= 0.3 is 7.12 Å². The third-order valence-corrected chi connectivity index (χ3v) is 15.2. The molecule has 0 amide bonds. The van der Waals surface area contributed by atoms with Crippen molar-refractivity contribution in [3.63, 3.8) is 0 Å². The Bertz CT molecular complexity index is 547. The number of hydrogen-bond acceptors (Lipinski definition) is 4. The number of fused-ring (bicyclic) bond motifs is 2. The van der Waals surface area contributed by atoms with Crippen LogP contribution in [-0.4, -0.2) is 55.1 Å². The van der Waals surface area contributed by atoms with E-state index in [1.165, 1.54) is 0 Å². The molecule has 0 aromatic carbocycles. The zero-order valence-corrected chi connectivity index (χ0v) is 22.4. The molecule has 0 heterocycles. The van der Waals surface area contributed by atoms with E-state index in [1.54, 1.807) is 0 Å². The van der Waals surface area contributed by atoms with E-state index in [4.69, 9.17) is 4.65 Å². The minimum Gasteiger partial charge on any atom is -0.426 e. The fourth-order valence-electron chi connectivity index (χ4n) is 6.54. The van der Waals surface area contributed by atoms with Gasteiger partial charge in [-0.2, -0.15) is 0 Å². The van der Waals surface area contributed by atoms with Gasteiger partial charge in [-0.15, -0.1) is 0 Å². The molecule has 3 aliphatic rings. The molecule has 0 radical (unpaired) electrons. The predicted molar refractivity (Wildman–Crippen MR) is 125 cm³/mol. The molecule has 164 valence electrons. The summed E-state index contributed by atoms with van der Waals surface area (Å²) in [5.74, 6) is 1.04. The molecule has 4 nitrogen and oxygen atoms in total. The van der Waals surface area contributed by atoms with Crippen LogP contribution < -0.4 is 0 Å². The van der Waals surface area contributed by atoms with Gasteiger partial charge in [0.1, 0.15) is 16.5 Å². The Kier molecular flexibility index (Phi) is 6.58. The van der Waals surface area contributed by atoms with Crippen molar-refractivity contribution in [1.29, 1.82) is 0 Å². The monoisotopic (exact) mass is 427 g/mol. The van der Waals surface area contributed by atoms with Crippen LogP contribution in [0.5, 0.6) is 0 Å². The van der Waals surface area contributed by atoms with Gasteiger partial charge in [0.15, 0.2) is 0 Å². The summed E-state index contributed by atoms with van der Waals surface area (Å²) >= 11 is 0. The van der Waals surface area contributed by atoms with Crippen LogP contribution >= 0.6 is 0 Å². The van der Waals surface area contributed by atoms with Crippen molar-refractivity contribution in [2.75, 3.05) is 0 Å². The van der Waals surface area contributed by atoms with Crippen molar-refractivity contribution >= 4 is 23.6 Å². The maximum atomic E-state index is 11.5. The summed E-state index contributed by atoms with van der Waals surface area (Å²) < 4.78 is 9.30. The molecule has 7 heteroatoms.